The van der Waals surface area contributed by atoms with Gasteiger partial charge in [-0.2, -0.15) is 0 Å². The third kappa shape index (κ3) is 3.98. The Bertz CT molecular complexity index is 890. The molecule has 2 aromatic carbocycles. The Morgan fingerprint density at radius 1 is 0.897 bits per heavy atom. The van der Waals surface area contributed by atoms with Crippen LogP contribution in [0.25, 0.3) is 0 Å². The molecule has 1 aliphatic rings. The maximum absolute atomic E-state index is 12.6. The molecule has 1 aliphatic heterocycles. The molecule has 0 radical (unpaired) electrons. The van der Waals surface area contributed by atoms with E-state index in [4.69, 9.17) is 9.47 Å². The van der Waals surface area contributed by atoms with Crippen molar-refractivity contribution in [1.29, 1.82) is 0 Å². The van der Waals surface area contributed by atoms with Crippen LogP contribution in [-0.4, -0.2) is 18.4 Å². The highest BCUT2D eigenvalue weighted by atomic mass is 16.6. The topological polar surface area (TPSA) is 52.6 Å². The van der Waals surface area contributed by atoms with E-state index in [0.29, 0.717) is 24.4 Å². The Morgan fingerprint density at radius 3 is 1.79 bits per heavy atom. The molecule has 152 valence electrons. The third-order valence-corrected chi connectivity index (χ3v) is 5.59. The fourth-order valence-electron chi connectivity index (χ4n) is 4.28. The van der Waals surface area contributed by atoms with Crippen LogP contribution in [0.2, 0.25) is 0 Å². The summed E-state index contributed by atoms with van der Waals surface area (Å²) in [5, 5.41) is 0. The minimum atomic E-state index is -1.11. The summed E-state index contributed by atoms with van der Waals surface area (Å²) in [6, 6.07) is 16.0. The summed E-state index contributed by atoms with van der Waals surface area (Å²) in [5.74, 6) is -0.200. The highest BCUT2D eigenvalue weighted by Crippen LogP contribution is 2.48. The molecule has 2 aromatic rings. The van der Waals surface area contributed by atoms with Gasteiger partial charge in [-0.1, -0.05) is 59.7 Å². The summed E-state index contributed by atoms with van der Waals surface area (Å²) < 4.78 is 11.9. The lowest BCUT2D eigenvalue weighted by molar-refractivity contribution is -0.160. The van der Waals surface area contributed by atoms with E-state index in [-0.39, 0.29) is 11.7 Å². The van der Waals surface area contributed by atoms with Gasteiger partial charge in [0.25, 0.3) is 0 Å². The zero-order chi connectivity index (χ0) is 21.2. The summed E-state index contributed by atoms with van der Waals surface area (Å²) in [4.78, 5) is 25.0. The number of benzene rings is 2. The van der Waals surface area contributed by atoms with Crippen LogP contribution in [0, 0.1) is 19.8 Å². The third-order valence-electron chi connectivity index (χ3n) is 5.59. The molecule has 3 rings (SSSR count). The molecule has 0 saturated heterocycles. The van der Waals surface area contributed by atoms with Crippen LogP contribution in [-0.2, 0) is 24.7 Å². The fourth-order valence-corrected chi connectivity index (χ4v) is 4.28. The summed E-state index contributed by atoms with van der Waals surface area (Å²) in [5.41, 5.74) is 3.39. The monoisotopic (exact) mass is 392 g/mol. The minimum Gasteiger partial charge on any atom is -0.498 e. The number of aryl methyl sites for hydroxylation is 2. The highest BCUT2D eigenvalue weighted by molar-refractivity contribution is 5.95. The molecule has 29 heavy (non-hydrogen) atoms. The van der Waals surface area contributed by atoms with Crippen LogP contribution in [0.15, 0.2) is 59.9 Å². The van der Waals surface area contributed by atoms with Crippen molar-refractivity contribution >= 4 is 11.8 Å². The van der Waals surface area contributed by atoms with Gasteiger partial charge >= 0.3 is 5.97 Å². The maximum Gasteiger partial charge on any atom is 0.303 e. The number of Topliss-reactive ketones (excluding diaryl/α,β-unsaturated/α-hetero) is 1. The van der Waals surface area contributed by atoms with Crippen molar-refractivity contribution in [2.45, 2.75) is 46.6 Å². The van der Waals surface area contributed by atoms with E-state index in [2.05, 4.69) is 0 Å². The molecule has 0 aliphatic carbocycles. The molecule has 1 heterocycles. The van der Waals surface area contributed by atoms with Crippen LogP contribution in [0.4, 0.5) is 0 Å². The number of ether oxygens (including phenoxy) is 2. The Labute approximate surface area is 172 Å². The van der Waals surface area contributed by atoms with Gasteiger partial charge in [0.15, 0.2) is 11.4 Å². The van der Waals surface area contributed by atoms with E-state index < -0.39 is 11.6 Å². The molecule has 0 N–H and O–H groups in total. The van der Waals surface area contributed by atoms with Gasteiger partial charge in [0, 0.05) is 29.5 Å². The van der Waals surface area contributed by atoms with E-state index >= 15 is 0 Å². The van der Waals surface area contributed by atoms with Crippen LogP contribution >= 0.6 is 0 Å². The van der Waals surface area contributed by atoms with Crippen molar-refractivity contribution in [2.24, 2.45) is 5.92 Å². The standard InChI is InChI=1S/C25H28O4/c1-16-6-10-21(11-7-16)25(29-20(5)27,22-12-8-17(2)9-13-22)23-14-15-28-19(4)24(23)18(3)26/h6-13,23H,14-15H2,1-5H3. The molecular formula is C25H28O4. The van der Waals surface area contributed by atoms with Gasteiger partial charge in [0.2, 0.25) is 0 Å². The zero-order valence-electron chi connectivity index (χ0n) is 17.7. The number of carbonyl (C=O) groups is 2. The number of ketones is 1. The largest absolute Gasteiger partial charge is 0.498 e. The molecule has 0 aromatic heterocycles. The average Bonchev–Trinajstić information content (AvgIpc) is 2.67. The molecule has 4 heteroatoms. The lowest BCUT2D eigenvalue weighted by Gasteiger charge is -2.43. The SMILES string of the molecule is CC(=O)OC(c1ccc(C)cc1)(c1ccc(C)cc1)C1CCOC(C)=C1C(C)=O. The molecule has 0 saturated carbocycles. The van der Waals surface area contributed by atoms with Crippen molar-refractivity contribution in [3.05, 3.63) is 82.1 Å². The first-order valence-electron chi connectivity index (χ1n) is 9.94. The van der Waals surface area contributed by atoms with Crippen LogP contribution < -0.4 is 0 Å². The van der Waals surface area contributed by atoms with E-state index in [1.54, 1.807) is 6.92 Å². The molecule has 0 amide bonds. The molecule has 0 fully saturated rings. The van der Waals surface area contributed by atoms with Crippen LogP contribution in [0.1, 0.15) is 49.4 Å². The quantitative estimate of drug-likeness (QED) is 0.671. The van der Waals surface area contributed by atoms with E-state index in [0.717, 1.165) is 22.3 Å². The van der Waals surface area contributed by atoms with Gasteiger partial charge in [-0.05, 0) is 34.1 Å². The van der Waals surface area contributed by atoms with Crippen molar-refractivity contribution < 1.29 is 19.1 Å². The second kappa shape index (κ2) is 8.24. The van der Waals surface area contributed by atoms with Crippen molar-refractivity contribution in [2.75, 3.05) is 6.61 Å². The lowest BCUT2D eigenvalue weighted by atomic mass is 9.69. The lowest BCUT2D eigenvalue weighted by Crippen LogP contribution is -2.45. The predicted molar refractivity (Wildman–Crippen MR) is 112 cm³/mol. The number of rotatable bonds is 5. The van der Waals surface area contributed by atoms with E-state index in [1.807, 2.05) is 69.3 Å². The Morgan fingerprint density at radius 2 is 1.38 bits per heavy atom. The Hall–Kier alpha value is -2.88. The van der Waals surface area contributed by atoms with Gasteiger partial charge in [-0.25, -0.2) is 0 Å². The molecule has 4 nitrogen and oxygen atoms in total. The van der Waals surface area contributed by atoms with Gasteiger partial charge in [0.1, 0.15) is 5.76 Å². The van der Waals surface area contributed by atoms with Crippen molar-refractivity contribution in [3.63, 3.8) is 0 Å². The number of hydrogen-bond donors (Lipinski definition) is 0. The second-order valence-corrected chi connectivity index (χ2v) is 7.78. The number of carbonyl (C=O) groups excluding carboxylic acids is 2. The van der Waals surface area contributed by atoms with Crippen LogP contribution in [0.5, 0.6) is 0 Å². The van der Waals surface area contributed by atoms with Crippen molar-refractivity contribution in [3.8, 4) is 0 Å². The summed E-state index contributed by atoms with van der Waals surface area (Å²) in [6.45, 7) is 9.27. The first-order valence-corrected chi connectivity index (χ1v) is 9.94. The normalized spacial score (nSPS) is 16.9. The smallest absolute Gasteiger partial charge is 0.303 e. The minimum absolute atomic E-state index is 0.0667. The number of esters is 1. The first-order chi connectivity index (χ1) is 13.8. The molecular weight excluding hydrogens is 364 g/mol. The first kappa shape index (κ1) is 20.8. The Balaban J connectivity index is 2.36. The Kier molecular flexibility index (Phi) is 5.92. The van der Waals surface area contributed by atoms with Gasteiger partial charge in [-0.3, -0.25) is 9.59 Å². The van der Waals surface area contributed by atoms with E-state index in [9.17, 15) is 9.59 Å². The predicted octanol–water partition coefficient (Wildman–Crippen LogP) is 5.01. The summed E-state index contributed by atoms with van der Waals surface area (Å²) in [7, 11) is 0. The zero-order valence-corrected chi connectivity index (χ0v) is 17.7. The van der Waals surface area contributed by atoms with Gasteiger partial charge in [0.05, 0.1) is 6.61 Å². The highest BCUT2D eigenvalue weighted by Gasteiger charge is 2.49. The fraction of sp³-hybridized carbons (Fsp3) is 0.360. The number of hydrogen-bond acceptors (Lipinski definition) is 4. The maximum atomic E-state index is 12.6. The van der Waals surface area contributed by atoms with Crippen LogP contribution in [0.3, 0.4) is 0 Å². The van der Waals surface area contributed by atoms with Crippen molar-refractivity contribution in [1.82, 2.24) is 0 Å². The average molecular weight is 392 g/mol. The second-order valence-electron chi connectivity index (χ2n) is 7.78. The molecule has 0 bridgehead atoms. The number of allylic oxidation sites excluding steroid dienone is 1. The summed E-state index contributed by atoms with van der Waals surface area (Å²) >= 11 is 0. The van der Waals surface area contributed by atoms with Gasteiger partial charge < -0.3 is 9.47 Å². The molecule has 1 unspecified atom stereocenters. The molecule has 0 spiro atoms. The molecule has 1 atom stereocenters. The summed E-state index contributed by atoms with van der Waals surface area (Å²) in [6.07, 6.45) is 0.571. The van der Waals surface area contributed by atoms with E-state index in [1.165, 1.54) is 6.92 Å². The van der Waals surface area contributed by atoms with Gasteiger partial charge in [-0.15, -0.1) is 0 Å².